The Bertz CT molecular complexity index is 721. The number of aromatic nitrogens is 1. The Morgan fingerprint density at radius 1 is 1.16 bits per heavy atom. The number of nitrogens with zero attached hydrogens (tertiary/aromatic N) is 1. The zero-order valence-corrected chi connectivity index (χ0v) is 12.7. The molecule has 0 saturated heterocycles. The van der Waals surface area contributed by atoms with Crippen LogP contribution in [0, 0.1) is 0 Å². The summed E-state index contributed by atoms with van der Waals surface area (Å²) in [5, 5.41) is 1.06. The van der Waals surface area contributed by atoms with E-state index in [1.807, 2.05) is 0 Å². The van der Waals surface area contributed by atoms with E-state index in [-0.39, 0.29) is 0 Å². The molecule has 19 heavy (non-hydrogen) atoms. The number of benzene rings is 2. The van der Waals surface area contributed by atoms with Crippen molar-refractivity contribution in [3.05, 3.63) is 52.5 Å². The lowest BCUT2D eigenvalue weighted by atomic mass is 10.1. The van der Waals surface area contributed by atoms with Crippen LogP contribution in [0.4, 0.5) is 0 Å². The maximum Gasteiger partial charge on any atom is 0.124 e. The van der Waals surface area contributed by atoms with Crippen LogP contribution < -0.4 is 5.73 Å². The maximum absolute atomic E-state index is 5.61. The summed E-state index contributed by atoms with van der Waals surface area (Å²) in [6.07, 6.45) is 0.907. The van der Waals surface area contributed by atoms with Gasteiger partial charge in [0.1, 0.15) is 5.01 Å². The van der Waals surface area contributed by atoms with Gasteiger partial charge in [-0.1, -0.05) is 34.1 Å². The fourth-order valence-electron chi connectivity index (χ4n) is 2.05. The molecule has 0 fully saturated rings. The van der Waals surface area contributed by atoms with Gasteiger partial charge in [-0.15, -0.1) is 11.3 Å². The molecular formula is C15H13BrN2S. The summed E-state index contributed by atoms with van der Waals surface area (Å²) in [7, 11) is 0. The number of hydrogen-bond donors (Lipinski definition) is 1. The van der Waals surface area contributed by atoms with E-state index in [0.29, 0.717) is 6.54 Å². The molecule has 0 aliphatic heterocycles. The molecule has 2 aromatic carbocycles. The zero-order chi connectivity index (χ0) is 13.2. The quantitative estimate of drug-likeness (QED) is 0.779. The Labute approximate surface area is 124 Å². The van der Waals surface area contributed by atoms with Gasteiger partial charge in [-0.2, -0.15) is 0 Å². The topological polar surface area (TPSA) is 38.9 Å². The summed E-state index contributed by atoms with van der Waals surface area (Å²) >= 11 is 5.20. The Morgan fingerprint density at radius 3 is 2.89 bits per heavy atom. The zero-order valence-electron chi connectivity index (χ0n) is 10.3. The number of hydrogen-bond acceptors (Lipinski definition) is 3. The molecule has 0 aliphatic rings. The van der Waals surface area contributed by atoms with Gasteiger partial charge < -0.3 is 5.73 Å². The van der Waals surface area contributed by atoms with Crippen molar-refractivity contribution in [1.29, 1.82) is 0 Å². The molecule has 0 bridgehead atoms. The third kappa shape index (κ3) is 2.71. The molecule has 4 heteroatoms. The first-order chi connectivity index (χ1) is 9.26. The van der Waals surface area contributed by atoms with Gasteiger partial charge in [0.25, 0.3) is 0 Å². The van der Waals surface area contributed by atoms with Gasteiger partial charge in [-0.05, 0) is 42.8 Å². The van der Waals surface area contributed by atoms with E-state index in [9.17, 15) is 0 Å². The van der Waals surface area contributed by atoms with Crippen molar-refractivity contribution < 1.29 is 0 Å². The maximum atomic E-state index is 5.61. The summed E-state index contributed by atoms with van der Waals surface area (Å²) in [5.41, 5.74) is 9.08. The third-order valence-electron chi connectivity index (χ3n) is 2.96. The second-order valence-electron chi connectivity index (χ2n) is 4.37. The standard InChI is InChI=1S/C15H13BrN2S/c16-12-4-5-14-13(9-12)18-15(19-14)11-3-1-2-10(8-11)6-7-17/h1-5,8-9H,6-7,17H2. The van der Waals surface area contributed by atoms with E-state index in [0.717, 1.165) is 21.4 Å². The van der Waals surface area contributed by atoms with Crippen molar-refractivity contribution in [2.24, 2.45) is 5.73 Å². The molecule has 0 radical (unpaired) electrons. The minimum absolute atomic E-state index is 0.677. The molecular weight excluding hydrogens is 320 g/mol. The van der Waals surface area contributed by atoms with Gasteiger partial charge in [-0.3, -0.25) is 0 Å². The van der Waals surface area contributed by atoms with Crippen molar-refractivity contribution in [3.63, 3.8) is 0 Å². The average Bonchev–Trinajstić information content (AvgIpc) is 2.82. The van der Waals surface area contributed by atoms with Crippen LogP contribution in [0.3, 0.4) is 0 Å². The Morgan fingerprint density at radius 2 is 2.05 bits per heavy atom. The molecule has 0 atom stereocenters. The second kappa shape index (κ2) is 5.41. The number of thiazole rings is 1. The molecule has 1 heterocycles. The van der Waals surface area contributed by atoms with Gasteiger partial charge in [-0.25, -0.2) is 4.98 Å². The molecule has 3 rings (SSSR count). The normalized spacial score (nSPS) is 11.1. The lowest BCUT2D eigenvalue weighted by molar-refractivity contribution is 0.969. The first kappa shape index (κ1) is 12.8. The molecule has 0 spiro atoms. The van der Waals surface area contributed by atoms with Crippen LogP contribution in [0.2, 0.25) is 0 Å². The Kier molecular flexibility index (Phi) is 3.64. The van der Waals surface area contributed by atoms with E-state index in [2.05, 4.69) is 58.4 Å². The summed E-state index contributed by atoms with van der Waals surface area (Å²) in [4.78, 5) is 4.70. The number of halogens is 1. The SMILES string of the molecule is NCCc1cccc(-c2nc3cc(Br)ccc3s2)c1. The van der Waals surface area contributed by atoms with Crippen LogP contribution in [-0.4, -0.2) is 11.5 Å². The minimum Gasteiger partial charge on any atom is -0.330 e. The fraction of sp³-hybridized carbons (Fsp3) is 0.133. The average molecular weight is 333 g/mol. The van der Waals surface area contributed by atoms with Crippen molar-refractivity contribution in [3.8, 4) is 10.6 Å². The Hall–Kier alpha value is -1.23. The largest absolute Gasteiger partial charge is 0.330 e. The number of nitrogens with two attached hydrogens (primary N) is 1. The minimum atomic E-state index is 0.677. The van der Waals surface area contributed by atoms with Gasteiger partial charge in [0.2, 0.25) is 0 Å². The van der Waals surface area contributed by atoms with E-state index in [4.69, 9.17) is 10.7 Å². The second-order valence-corrected chi connectivity index (χ2v) is 6.32. The van der Waals surface area contributed by atoms with Crippen molar-refractivity contribution in [2.75, 3.05) is 6.54 Å². The van der Waals surface area contributed by atoms with E-state index >= 15 is 0 Å². The van der Waals surface area contributed by atoms with Crippen LogP contribution in [0.25, 0.3) is 20.8 Å². The van der Waals surface area contributed by atoms with Gasteiger partial charge in [0.15, 0.2) is 0 Å². The predicted molar refractivity (Wildman–Crippen MR) is 85.5 cm³/mol. The molecule has 96 valence electrons. The highest BCUT2D eigenvalue weighted by atomic mass is 79.9. The van der Waals surface area contributed by atoms with E-state index in [1.165, 1.54) is 15.8 Å². The molecule has 0 unspecified atom stereocenters. The molecule has 2 nitrogen and oxygen atoms in total. The molecule has 3 aromatic rings. The van der Waals surface area contributed by atoms with E-state index < -0.39 is 0 Å². The third-order valence-corrected chi connectivity index (χ3v) is 4.54. The summed E-state index contributed by atoms with van der Waals surface area (Å²) in [6.45, 7) is 0.677. The highest BCUT2D eigenvalue weighted by molar-refractivity contribution is 9.10. The van der Waals surface area contributed by atoms with Crippen LogP contribution in [-0.2, 0) is 6.42 Å². The lowest BCUT2D eigenvalue weighted by Crippen LogP contribution is -2.02. The monoisotopic (exact) mass is 332 g/mol. The number of rotatable bonds is 3. The molecule has 0 saturated carbocycles. The van der Waals surface area contributed by atoms with Crippen molar-refractivity contribution in [1.82, 2.24) is 4.98 Å². The van der Waals surface area contributed by atoms with Gasteiger partial charge >= 0.3 is 0 Å². The Balaban J connectivity index is 2.05. The lowest BCUT2D eigenvalue weighted by Gasteiger charge is -2.01. The first-order valence-corrected chi connectivity index (χ1v) is 7.73. The van der Waals surface area contributed by atoms with Crippen molar-refractivity contribution in [2.45, 2.75) is 6.42 Å². The summed E-state index contributed by atoms with van der Waals surface area (Å²) < 4.78 is 2.27. The predicted octanol–water partition coefficient (Wildman–Crippen LogP) is 4.23. The molecule has 0 aliphatic carbocycles. The summed E-state index contributed by atoms with van der Waals surface area (Å²) in [6, 6.07) is 14.7. The van der Waals surface area contributed by atoms with Crippen molar-refractivity contribution >= 4 is 37.5 Å². The van der Waals surface area contributed by atoms with Gasteiger partial charge in [0.05, 0.1) is 10.2 Å². The number of fused-ring (bicyclic) bond motifs is 1. The molecule has 1 aromatic heterocycles. The van der Waals surface area contributed by atoms with Gasteiger partial charge in [0, 0.05) is 10.0 Å². The smallest absolute Gasteiger partial charge is 0.124 e. The first-order valence-electron chi connectivity index (χ1n) is 6.12. The van der Waals surface area contributed by atoms with E-state index in [1.54, 1.807) is 11.3 Å². The molecule has 0 amide bonds. The molecule has 2 N–H and O–H groups in total. The highest BCUT2D eigenvalue weighted by Gasteiger charge is 2.07. The summed E-state index contributed by atoms with van der Waals surface area (Å²) in [5.74, 6) is 0. The van der Waals surface area contributed by atoms with Crippen LogP contribution in [0.5, 0.6) is 0 Å². The van der Waals surface area contributed by atoms with Crippen LogP contribution in [0.1, 0.15) is 5.56 Å². The van der Waals surface area contributed by atoms with Crippen LogP contribution >= 0.6 is 27.3 Å². The highest BCUT2D eigenvalue weighted by Crippen LogP contribution is 2.31. The fourth-order valence-corrected chi connectivity index (χ4v) is 3.34. The van der Waals surface area contributed by atoms with Crippen LogP contribution in [0.15, 0.2) is 46.9 Å².